The minimum absolute atomic E-state index is 0.00327. The molecular weight excluding hydrogens is 262 g/mol. The Labute approximate surface area is 118 Å². The van der Waals surface area contributed by atoms with E-state index in [0.29, 0.717) is 23.5 Å². The first kappa shape index (κ1) is 12.9. The Balaban J connectivity index is 1.58. The minimum Gasteiger partial charge on any atom is -0.461 e. The summed E-state index contributed by atoms with van der Waals surface area (Å²) in [6, 6.07) is 7.34. The number of nitrogens with two attached hydrogens (primary N) is 1. The molecule has 2 saturated carbocycles. The molecule has 2 aliphatic carbocycles. The summed E-state index contributed by atoms with van der Waals surface area (Å²) >= 11 is 5.82. The first-order valence-electron chi connectivity index (χ1n) is 6.82. The lowest BCUT2D eigenvalue weighted by Gasteiger charge is -2.26. The number of carbonyl (C=O) groups excluding carboxylic acids is 1. The first-order valence-corrected chi connectivity index (χ1v) is 7.19. The SMILES string of the molecule is NC1C2CCC(C2)C1C(=O)OCc1ccc(Cl)cc1. The van der Waals surface area contributed by atoms with Crippen molar-refractivity contribution < 1.29 is 9.53 Å². The van der Waals surface area contributed by atoms with Crippen LogP contribution < -0.4 is 5.73 Å². The molecule has 1 aromatic carbocycles. The van der Waals surface area contributed by atoms with Crippen LogP contribution in [0.25, 0.3) is 0 Å². The highest BCUT2D eigenvalue weighted by atomic mass is 35.5. The van der Waals surface area contributed by atoms with Crippen molar-refractivity contribution >= 4 is 17.6 Å². The summed E-state index contributed by atoms with van der Waals surface area (Å²) in [7, 11) is 0. The fourth-order valence-electron chi connectivity index (χ4n) is 3.52. The van der Waals surface area contributed by atoms with E-state index in [2.05, 4.69) is 0 Å². The molecule has 19 heavy (non-hydrogen) atoms. The summed E-state index contributed by atoms with van der Waals surface area (Å²) < 4.78 is 5.41. The highest BCUT2D eigenvalue weighted by molar-refractivity contribution is 6.30. The Hall–Kier alpha value is -1.06. The molecule has 3 nitrogen and oxygen atoms in total. The molecule has 0 radical (unpaired) electrons. The van der Waals surface area contributed by atoms with E-state index in [1.807, 2.05) is 12.1 Å². The quantitative estimate of drug-likeness (QED) is 0.866. The number of hydrogen-bond acceptors (Lipinski definition) is 3. The van der Waals surface area contributed by atoms with Gasteiger partial charge >= 0.3 is 5.97 Å². The third kappa shape index (κ3) is 2.49. The summed E-state index contributed by atoms with van der Waals surface area (Å²) in [5.41, 5.74) is 7.09. The van der Waals surface area contributed by atoms with E-state index in [1.165, 1.54) is 6.42 Å². The maximum absolute atomic E-state index is 12.2. The zero-order valence-electron chi connectivity index (χ0n) is 10.7. The molecule has 4 heteroatoms. The number of rotatable bonds is 3. The van der Waals surface area contributed by atoms with Gasteiger partial charge < -0.3 is 10.5 Å². The molecular formula is C15H18ClNO2. The van der Waals surface area contributed by atoms with Crippen LogP contribution in [0.4, 0.5) is 0 Å². The van der Waals surface area contributed by atoms with Crippen molar-refractivity contribution in [2.24, 2.45) is 23.5 Å². The second-order valence-electron chi connectivity index (χ2n) is 5.67. The van der Waals surface area contributed by atoms with Crippen LogP contribution in [0.2, 0.25) is 5.02 Å². The van der Waals surface area contributed by atoms with Gasteiger partial charge in [-0.05, 0) is 48.8 Å². The highest BCUT2D eigenvalue weighted by Gasteiger charge is 2.49. The van der Waals surface area contributed by atoms with Gasteiger partial charge in [0.05, 0.1) is 5.92 Å². The molecule has 1 aromatic rings. The largest absolute Gasteiger partial charge is 0.461 e. The molecule has 2 bridgehead atoms. The number of hydrogen-bond donors (Lipinski definition) is 1. The second-order valence-corrected chi connectivity index (χ2v) is 6.11. The van der Waals surface area contributed by atoms with Crippen molar-refractivity contribution in [3.63, 3.8) is 0 Å². The van der Waals surface area contributed by atoms with Crippen molar-refractivity contribution in [2.45, 2.75) is 31.9 Å². The molecule has 2 aliphatic rings. The Morgan fingerprint density at radius 1 is 1.26 bits per heavy atom. The molecule has 4 atom stereocenters. The van der Waals surface area contributed by atoms with Crippen LogP contribution in [0.1, 0.15) is 24.8 Å². The molecule has 0 heterocycles. The molecule has 3 rings (SSSR count). The standard InChI is InChI=1S/C15H18ClNO2/c16-12-5-1-9(2-6-12)8-19-15(18)13-10-3-4-11(7-10)14(13)17/h1-2,5-6,10-11,13-14H,3-4,7-8,17H2. The molecule has 2 N–H and O–H groups in total. The first-order chi connectivity index (χ1) is 9.15. The van der Waals surface area contributed by atoms with Crippen LogP contribution in [0.15, 0.2) is 24.3 Å². The van der Waals surface area contributed by atoms with Crippen molar-refractivity contribution in [3.05, 3.63) is 34.9 Å². The highest BCUT2D eigenvalue weighted by Crippen LogP contribution is 2.48. The molecule has 0 amide bonds. The molecule has 0 aliphatic heterocycles. The summed E-state index contributed by atoms with van der Waals surface area (Å²) in [5, 5.41) is 0.685. The Morgan fingerprint density at radius 3 is 2.58 bits per heavy atom. The number of carbonyl (C=O) groups is 1. The van der Waals surface area contributed by atoms with Crippen molar-refractivity contribution in [2.75, 3.05) is 0 Å². The summed E-state index contributed by atoms with van der Waals surface area (Å²) in [6.07, 6.45) is 3.40. The van der Waals surface area contributed by atoms with E-state index in [9.17, 15) is 4.79 Å². The number of esters is 1. The summed E-state index contributed by atoms with van der Waals surface area (Å²) in [5.74, 6) is 0.747. The number of fused-ring (bicyclic) bond motifs is 2. The molecule has 0 saturated heterocycles. The molecule has 2 fully saturated rings. The maximum Gasteiger partial charge on any atom is 0.311 e. The predicted molar refractivity (Wildman–Crippen MR) is 73.5 cm³/mol. The number of benzene rings is 1. The van der Waals surface area contributed by atoms with E-state index < -0.39 is 0 Å². The van der Waals surface area contributed by atoms with Gasteiger partial charge in [-0.1, -0.05) is 23.7 Å². The van der Waals surface area contributed by atoms with Gasteiger partial charge in [-0.2, -0.15) is 0 Å². The van der Waals surface area contributed by atoms with Crippen molar-refractivity contribution in [3.8, 4) is 0 Å². The normalized spacial score (nSPS) is 32.5. The predicted octanol–water partition coefficient (Wildman–Crippen LogP) is 2.76. The fraction of sp³-hybridized carbons (Fsp3) is 0.533. The smallest absolute Gasteiger partial charge is 0.311 e. The monoisotopic (exact) mass is 279 g/mol. The van der Waals surface area contributed by atoms with Crippen LogP contribution in [0.5, 0.6) is 0 Å². The van der Waals surface area contributed by atoms with Crippen molar-refractivity contribution in [1.29, 1.82) is 0 Å². The van der Waals surface area contributed by atoms with Gasteiger partial charge in [-0.25, -0.2) is 0 Å². The third-order valence-corrected chi connectivity index (χ3v) is 4.80. The Kier molecular flexibility index (Phi) is 3.50. The van der Waals surface area contributed by atoms with E-state index in [0.717, 1.165) is 18.4 Å². The average molecular weight is 280 g/mol. The molecule has 4 unspecified atom stereocenters. The Morgan fingerprint density at radius 2 is 1.95 bits per heavy atom. The lowest BCUT2D eigenvalue weighted by atomic mass is 9.85. The summed E-state index contributed by atoms with van der Waals surface area (Å²) in [4.78, 5) is 12.2. The van der Waals surface area contributed by atoms with Crippen LogP contribution in [-0.4, -0.2) is 12.0 Å². The zero-order valence-corrected chi connectivity index (χ0v) is 11.5. The van der Waals surface area contributed by atoms with Crippen LogP contribution in [0, 0.1) is 17.8 Å². The van der Waals surface area contributed by atoms with Crippen LogP contribution in [0.3, 0.4) is 0 Å². The topological polar surface area (TPSA) is 52.3 Å². The zero-order chi connectivity index (χ0) is 13.4. The van der Waals surface area contributed by atoms with Gasteiger partial charge in [0.25, 0.3) is 0 Å². The average Bonchev–Trinajstić information content (AvgIpc) is 2.98. The van der Waals surface area contributed by atoms with Crippen LogP contribution >= 0.6 is 11.6 Å². The third-order valence-electron chi connectivity index (χ3n) is 4.55. The van der Waals surface area contributed by atoms with Gasteiger partial charge in [0, 0.05) is 11.1 Å². The van der Waals surface area contributed by atoms with Crippen LogP contribution in [-0.2, 0) is 16.1 Å². The van der Waals surface area contributed by atoms with Gasteiger partial charge in [0.15, 0.2) is 0 Å². The van der Waals surface area contributed by atoms with E-state index in [4.69, 9.17) is 22.1 Å². The second kappa shape index (κ2) is 5.14. The number of ether oxygens (including phenoxy) is 1. The molecule has 102 valence electrons. The Bertz CT molecular complexity index is 472. The van der Waals surface area contributed by atoms with Crippen molar-refractivity contribution in [1.82, 2.24) is 0 Å². The molecule has 0 spiro atoms. The maximum atomic E-state index is 12.2. The number of halogens is 1. The van der Waals surface area contributed by atoms with E-state index in [1.54, 1.807) is 12.1 Å². The van der Waals surface area contributed by atoms with Gasteiger partial charge in [0.2, 0.25) is 0 Å². The molecule has 0 aromatic heterocycles. The van der Waals surface area contributed by atoms with Gasteiger partial charge in [0.1, 0.15) is 6.61 Å². The van der Waals surface area contributed by atoms with Gasteiger partial charge in [-0.3, -0.25) is 4.79 Å². The fourth-order valence-corrected chi connectivity index (χ4v) is 3.64. The lowest BCUT2D eigenvalue weighted by Crippen LogP contribution is -2.40. The summed E-state index contributed by atoms with van der Waals surface area (Å²) in [6.45, 7) is 0.302. The van der Waals surface area contributed by atoms with E-state index in [-0.39, 0.29) is 17.9 Å². The minimum atomic E-state index is -0.130. The lowest BCUT2D eigenvalue weighted by molar-refractivity contribution is -0.152. The van der Waals surface area contributed by atoms with E-state index >= 15 is 0 Å². The van der Waals surface area contributed by atoms with Gasteiger partial charge in [-0.15, -0.1) is 0 Å².